The van der Waals surface area contributed by atoms with E-state index < -0.39 is 0 Å². The number of benzene rings is 1. The molecule has 2 rings (SSSR count). The number of rotatable bonds is 5. The van der Waals surface area contributed by atoms with Crippen LogP contribution >= 0.6 is 0 Å². The number of hydrogen-bond acceptors (Lipinski definition) is 4. The highest BCUT2D eigenvalue weighted by atomic mass is 16.5. The lowest BCUT2D eigenvalue weighted by atomic mass is 9.76. The maximum Gasteiger partial charge on any atom is 0.129 e. The summed E-state index contributed by atoms with van der Waals surface area (Å²) in [6.07, 6.45) is 5.56. The Kier molecular flexibility index (Phi) is 4.89. The van der Waals surface area contributed by atoms with Crippen molar-refractivity contribution in [3.8, 4) is 11.5 Å². The summed E-state index contributed by atoms with van der Waals surface area (Å²) in [4.78, 5) is 0. The largest absolute Gasteiger partial charge is 0.497 e. The summed E-state index contributed by atoms with van der Waals surface area (Å²) in [5, 5.41) is 0. The lowest BCUT2D eigenvalue weighted by Crippen LogP contribution is -2.39. The summed E-state index contributed by atoms with van der Waals surface area (Å²) >= 11 is 0. The number of ether oxygens (including phenoxy) is 3. The van der Waals surface area contributed by atoms with E-state index in [-0.39, 0.29) is 5.54 Å². The lowest BCUT2D eigenvalue weighted by Gasteiger charge is -2.35. The van der Waals surface area contributed by atoms with E-state index in [1.807, 2.05) is 12.1 Å². The molecular weight excluding hydrogens is 254 g/mol. The summed E-state index contributed by atoms with van der Waals surface area (Å²) in [6.45, 7) is 0.490. The van der Waals surface area contributed by atoms with Crippen LogP contribution in [0.1, 0.15) is 43.2 Å². The predicted molar refractivity (Wildman–Crippen MR) is 79.2 cm³/mol. The molecule has 112 valence electrons. The van der Waals surface area contributed by atoms with Gasteiger partial charge in [0.15, 0.2) is 0 Å². The predicted octanol–water partition coefficient (Wildman–Crippen LogP) is 2.97. The number of methoxy groups -OCH3 is 3. The molecule has 20 heavy (non-hydrogen) atoms. The van der Waals surface area contributed by atoms with Crippen molar-refractivity contribution in [3.63, 3.8) is 0 Å². The lowest BCUT2D eigenvalue weighted by molar-refractivity contribution is 0.180. The molecule has 1 aromatic rings. The van der Waals surface area contributed by atoms with Crippen molar-refractivity contribution in [1.29, 1.82) is 0 Å². The monoisotopic (exact) mass is 279 g/mol. The molecule has 4 nitrogen and oxygen atoms in total. The standard InChI is InChI=1S/C16H25NO3/c1-18-11-12-9-13(19-2)10-14(15(12)20-3)16(17)7-5-4-6-8-16/h9-10H,4-8,11,17H2,1-3H3. The zero-order valence-electron chi connectivity index (χ0n) is 12.7. The zero-order chi connectivity index (χ0) is 14.6. The first-order valence-electron chi connectivity index (χ1n) is 7.18. The van der Waals surface area contributed by atoms with Crippen LogP contribution in [-0.2, 0) is 16.9 Å². The fourth-order valence-electron chi connectivity index (χ4n) is 3.10. The highest BCUT2D eigenvalue weighted by Gasteiger charge is 2.33. The first-order valence-corrected chi connectivity index (χ1v) is 7.18. The van der Waals surface area contributed by atoms with Crippen molar-refractivity contribution < 1.29 is 14.2 Å². The van der Waals surface area contributed by atoms with E-state index in [1.165, 1.54) is 6.42 Å². The van der Waals surface area contributed by atoms with Gasteiger partial charge in [0.2, 0.25) is 0 Å². The molecule has 0 heterocycles. The van der Waals surface area contributed by atoms with Gasteiger partial charge >= 0.3 is 0 Å². The minimum atomic E-state index is -0.319. The van der Waals surface area contributed by atoms with Crippen LogP contribution in [0.5, 0.6) is 11.5 Å². The van der Waals surface area contributed by atoms with Crippen LogP contribution in [0.3, 0.4) is 0 Å². The van der Waals surface area contributed by atoms with E-state index in [4.69, 9.17) is 19.9 Å². The molecular formula is C16H25NO3. The van der Waals surface area contributed by atoms with E-state index >= 15 is 0 Å². The van der Waals surface area contributed by atoms with Crippen molar-refractivity contribution in [2.24, 2.45) is 5.73 Å². The van der Waals surface area contributed by atoms with E-state index in [1.54, 1.807) is 21.3 Å². The Morgan fingerprint density at radius 3 is 2.30 bits per heavy atom. The van der Waals surface area contributed by atoms with E-state index in [0.717, 1.165) is 48.3 Å². The fourth-order valence-corrected chi connectivity index (χ4v) is 3.10. The van der Waals surface area contributed by atoms with Gasteiger partial charge in [0.25, 0.3) is 0 Å². The van der Waals surface area contributed by atoms with Crippen LogP contribution in [-0.4, -0.2) is 21.3 Å². The first kappa shape index (κ1) is 15.1. The molecule has 0 aliphatic heterocycles. The van der Waals surface area contributed by atoms with Crippen molar-refractivity contribution in [1.82, 2.24) is 0 Å². The van der Waals surface area contributed by atoms with Gasteiger partial charge < -0.3 is 19.9 Å². The fraction of sp³-hybridized carbons (Fsp3) is 0.625. The average Bonchev–Trinajstić information content (AvgIpc) is 2.47. The SMILES string of the molecule is COCc1cc(OC)cc(C2(N)CCCCC2)c1OC. The normalized spacial score (nSPS) is 17.8. The summed E-state index contributed by atoms with van der Waals surface area (Å²) in [5.41, 5.74) is 8.38. The molecule has 1 fully saturated rings. The van der Waals surface area contributed by atoms with Gasteiger partial charge in [-0.25, -0.2) is 0 Å². The van der Waals surface area contributed by atoms with Crippen LogP contribution in [0.2, 0.25) is 0 Å². The first-order chi connectivity index (χ1) is 9.64. The third-order valence-corrected chi connectivity index (χ3v) is 4.16. The second kappa shape index (κ2) is 6.46. The molecule has 1 aliphatic rings. The van der Waals surface area contributed by atoms with Crippen LogP contribution in [0.15, 0.2) is 12.1 Å². The van der Waals surface area contributed by atoms with E-state index in [2.05, 4.69) is 0 Å². The van der Waals surface area contributed by atoms with Gasteiger partial charge in [-0.2, -0.15) is 0 Å². The molecule has 1 saturated carbocycles. The van der Waals surface area contributed by atoms with Crippen molar-refractivity contribution in [3.05, 3.63) is 23.3 Å². The zero-order valence-corrected chi connectivity index (χ0v) is 12.7. The van der Waals surface area contributed by atoms with Gasteiger partial charge in [-0.05, 0) is 25.0 Å². The Bertz CT molecular complexity index is 453. The summed E-state index contributed by atoms with van der Waals surface area (Å²) < 4.78 is 16.3. The Hall–Kier alpha value is -1.26. The molecule has 0 unspecified atom stereocenters. The van der Waals surface area contributed by atoms with Gasteiger partial charge in [-0.1, -0.05) is 19.3 Å². The van der Waals surface area contributed by atoms with Crippen molar-refractivity contribution in [2.75, 3.05) is 21.3 Å². The van der Waals surface area contributed by atoms with Gasteiger partial charge in [0, 0.05) is 23.8 Å². The Morgan fingerprint density at radius 2 is 1.75 bits per heavy atom. The molecule has 0 bridgehead atoms. The van der Waals surface area contributed by atoms with Crippen LogP contribution in [0, 0.1) is 0 Å². The van der Waals surface area contributed by atoms with Gasteiger partial charge in [0.05, 0.1) is 20.8 Å². The summed E-state index contributed by atoms with van der Waals surface area (Å²) in [5.74, 6) is 1.65. The Labute approximate surface area is 121 Å². The molecule has 0 radical (unpaired) electrons. The van der Waals surface area contributed by atoms with E-state index in [9.17, 15) is 0 Å². The van der Waals surface area contributed by atoms with Crippen molar-refractivity contribution >= 4 is 0 Å². The number of hydrogen-bond donors (Lipinski definition) is 1. The van der Waals surface area contributed by atoms with Crippen molar-refractivity contribution in [2.45, 2.75) is 44.2 Å². The molecule has 2 N–H and O–H groups in total. The highest BCUT2D eigenvalue weighted by Crippen LogP contribution is 2.42. The third-order valence-electron chi connectivity index (χ3n) is 4.16. The molecule has 1 aliphatic carbocycles. The second-order valence-corrected chi connectivity index (χ2v) is 5.52. The maximum absolute atomic E-state index is 6.67. The van der Waals surface area contributed by atoms with Crippen LogP contribution < -0.4 is 15.2 Å². The van der Waals surface area contributed by atoms with Gasteiger partial charge in [0.1, 0.15) is 11.5 Å². The third kappa shape index (κ3) is 2.91. The Morgan fingerprint density at radius 1 is 1.05 bits per heavy atom. The second-order valence-electron chi connectivity index (χ2n) is 5.52. The van der Waals surface area contributed by atoms with Crippen LogP contribution in [0.4, 0.5) is 0 Å². The van der Waals surface area contributed by atoms with Gasteiger partial charge in [-0.15, -0.1) is 0 Å². The molecule has 0 aromatic heterocycles. The summed E-state index contributed by atoms with van der Waals surface area (Å²) in [6, 6.07) is 3.97. The van der Waals surface area contributed by atoms with E-state index in [0.29, 0.717) is 6.61 Å². The van der Waals surface area contributed by atoms with Gasteiger partial charge in [-0.3, -0.25) is 0 Å². The molecule has 0 amide bonds. The maximum atomic E-state index is 6.67. The average molecular weight is 279 g/mol. The topological polar surface area (TPSA) is 53.7 Å². The minimum Gasteiger partial charge on any atom is -0.497 e. The smallest absolute Gasteiger partial charge is 0.129 e. The Balaban J connectivity index is 2.51. The van der Waals surface area contributed by atoms with Crippen LogP contribution in [0.25, 0.3) is 0 Å². The quantitative estimate of drug-likeness (QED) is 0.900. The molecule has 4 heteroatoms. The molecule has 0 spiro atoms. The minimum absolute atomic E-state index is 0.319. The number of nitrogens with two attached hydrogens (primary N) is 1. The summed E-state index contributed by atoms with van der Waals surface area (Å²) in [7, 11) is 5.04. The molecule has 1 aromatic carbocycles. The molecule has 0 saturated heterocycles. The molecule has 0 atom stereocenters. The highest BCUT2D eigenvalue weighted by molar-refractivity contribution is 5.50.